The summed E-state index contributed by atoms with van der Waals surface area (Å²) in [5, 5.41) is 5.23. The van der Waals surface area contributed by atoms with Gasteiger partial charge in [-0.1, -0.05) is 0 Å². The summed E-state index contributed by atoms with van der Waals surface area (Å²) in [5.41, 5.74) is 2.01. The van der Waals surface area contributed by atoms with Gasteiger partial charge in [0.1, 0.15) is 0 Å². The summed E-state index contributed by atoms with van der Waals surface area (Å²) in [6.07, 6.45) is 3.75. The van der Waals surface area contributed by atoms with Crippen molar-refractivity contribution in [2.45, 2.75) is 30.3 Å². The van der Waals surface area contributed by atoms with Crippen LogP contribution in [0.2, 0.25) is 0 Å². The molecule has 1 fully saturated rings. The third kappa shape index (κ3) is 3.25. The lowest BCUT2D eigenvalue weighted by Gasteiger charge is -2.16. The highest BCUT2D eigenvalue weighted by Crippen LogP contribution is 2.30. The predicted molar refractivity (Wildman–Crippen MR) is 83.9 cm³/mol. The lowest BCUT2D eigenvalue weighted by molar-refractivity contribution is 0.464. The number of anilines is 1. The van der Waals surface area contributed by atoms with Gasteiger partial charge >= 0.3 is 0 Å². The molecule has 0 aliphatic heterocycles. The number of sulfonamides is 1. The minimum atomic E-state index is -3.35. The smallest absolute Gasteiger partial charge is 0.243 e. The van der Waals surface area contributed by atoms with Crippen LogP contribution in [0.4, 0.5) is 5.69 Å². The fourth-order valence-electron chi connectivity index (χ4n) is 2.06. The molecular weight excluding hydrogens is 306 g/mol. The molecular formula is C14H17N3O2S2. The van der Waals surface area contributed by atoms with Gasteiger partial charge in [0, 0.05) is 42.5 Å². The zero-order valence-electron chi connectivity index (χ0n) is 11.7. The maximum Gasteiger partial charge on any atom is 0.243 e. The van der Waals surface area contributed by atoms with Crippen LogP contribution in [-0.2, 0) is 16.6 Å². The summed E-state index contributed by atoms with van der Waals surface area (Å²) in [6.45, 7) is 0.685. The lowest BCUT2D eigenvalue weighted by Crippen LogP contribution is -2.28. The average Bonchev–Trinajstić information content (AvgIpc) is 3.21. The maximum atomic E-state index is 12.4. The third-order valence-corrected chi connectivity index (χ3v) is 6.13. The molecule has 1 saturated carbocycles. The van der Waals surface area contributed by atoms with E-state index in [2.05, 4.69) is 9.69 Å². The van der Waals surface area contributed by atoms with Gasteiger partial charge in [-0.15, -0.1) is 0 Å². The summed E-state index contributed by atoms with van der Waals surface area (Å²) >= 11 is 1.42. The first-order chi connectivity index (χ1) is 10.1. The minimum Gasteiger partial charge on any atom is -0.381 e. The molecule has 2 aromatic rings. The van der Waals surface area contributed by atoms with Crippen LogP contribution >= 0.6 is 11.5 Å². The molecule has 0 atom stereocenters. The normalized spacial score (nSPS) is 15.3. The number of hydrogen-bond acceptors (Lipinski definition) is 5. The Bertz CT molecular complexity index is 692. The number of aromatic nitrogens is 1. The molecule has 1 aromatic heterocycles. The average molecular weight is 323 g/mol. The van der Waals surface area contributed by atoms with Crippen LogP contribution in [0.15, 0.2) is 40.7 Å². The Balaban J connectivity index is 1.68. The summed E-state index contributed by atoms with van der Waals surface area (Å²) in [6, 6.07) is 7.09. The third-order valence-electron chi connectivity index (χ3n) is 3.57. The molecule has 21 heavy (non-hydrogen) atoms. The Morgan fingerprint density at radius 2 is 2.05 bits per heavy atom. The molecule has 3 rings (SSSR count). The highest BCUT2D eigenvalue weighted by molar-refractivity contribution is 7.89. The number of nitrogens with one attached hydrogen (secondary N) is 1. The Labute approximate surface area is 128 Å². The molecule has 0 saturated heterocycles. The van der Waals surface area contributed by atoms with Crippen LogP contribution < -0.4 is 5.32 Å². The van der Waals surface area contributed by atoms with Crippen LogP contribution in [0.25, 0.3) is 0 Å². The lowest BCUT2D eigenvalue weighted by atomic mass is 10.3. The van der Waals surface area contributed by atoms with Crippen LogP contribution in [0.1, 0.15) is 18.4 Å². The van der Waals surface area contributed by atoms with E-state index in [1.165, 1.54) is 15.8 Å². The van der Waals surface area contributed by atoms with Gasteiger partial charge in [-0.2, -0.15) is 4.31 Å². The molecule has 0 spiro atoms. The van der Waals surface area contributed by atoms with Crippen molar-refractivity contribution in [1.29, 1.82) is 0 Å². The number of benzene rings is 1. The quantitative estimate of drug-likeness (QED) is 0.887. The molecule has 5 nitrogen and oxygen atoms in total. The minimum absolute atomic E-state index is 0.180. The summed E-state index contributed by atoms with van der Waals surface area (Å²) < 4.78 is 30.3. The molecule has 0 amide bonds. The van der Waals surface area contributed by atoms with Gasteiger partial charge in [0.05, 0.1) is 4.90 Å². The summed E-state index contributed by atoms with van der Waals surface area (Å²) in [5.74, 6) is 0. The van der Waals surface area contributed by atoms with Crippen molar-refractivity contribution in [3.8, 4) is 0 Å². The second-order valence-corrected chi connectivity index (χ2v) is 7.82. The fraction of sp³-hybridized carbons (Fsp3) is 0.357. The molecule has 1 aliphatic rings. The molecule has 0 unspecified atom stereocenters. The van der Waals surface area contributed by atoms with E-state index < -0.39 is 10.0 Å². The Kier molecular flexibility index (Phi) is 3.97. The van der Waals surface area contributed by atoms with E-state index in [1.807, 2.05) is 11.6 Å². The van der Waals surface area contributed by atoms with Crippen LogP contribution in [0.5, 0.6) is 0 Å². The molecule has 1 aliphatic carbocycles. The molecule has 112 valence electrons. The van der Waals surface area contributed by atoms with Crippen molar-refractivity contribution in [2.75, 3.05) is 12.4 Å². The van der Waals surface area contributed by atoms with Gasteiger partial charge in [0.2, 0.25) is 10.0 Å². The van der Waals surface area contributed by atoms with Crippen molar-refractivity contribution in [3.63, 3.8) is 0 Å². The first-order valence-electron chi connectivity index (χ1n) is 6.77. The topological polar surface area (TPSA) is 62.3 Å². The highest BCUT2D eigenvalue weighted by Gasteiger charge is 2.34. The van der Waals surface area contributed by atoms with Crippen molar-refractivity contribution >= 4 is 27.2 Å². The van der Waals surface area contributed by atoms with E-state index in [4.69, 9.17) is 0 Å². The largest absolute Gasteiger partial charge is 0.381 e. The zero-order valence-corrected chi connectivity index (χ0v) is 13.3. The standard InChI is InChI=1S/C14H17N3O2S2/c1-17(13-4-5-13)21(18,19)14-6-2-12(3-7-14)15-8-11-9-16-20-10-11/h2-3,6-7,9-10,13,15H,4-5,8H2,1H3. The Morgan fingerprint density at radius 1 is 1.33 bits per heavy atom. The van der Waals surface area contributed by atoms with E-state index in [0.717, 1.165) is 24.1 Å². The van der Waals surface area contributed by atoms with Crippen molar-refractivity contribution in [2.24, 2.45) is 0 Å². The molecule has 0 bridgehead atoms. The van der Waals surface area contributed by atoms with Gasteiger partial charge in [-0.25, -0.2) is 12.8 Å². The first-order valence-corrected chi connectivity index (χ1v) is 9.05. The van der Waals surface area contributed by atoms with E-state index in [0.29, 0.717) is 11.4 Å². The monoisotopic (exact) mass is 323 g/mol. The molecule has 1 N–H and O–H groups in total. The molecule has 7 heteroatoms. The van der Waals surface area contributed by atoms with Crippen LogP contribution in [0.3, 0.4) is 0 Å². The highest BCUT2D eigenvalue weighted by atomic mass is 32.2. The Morgan fingerprint density at radius 3 is 2.62 bits per heavy atom. The Hall–Kier alpha value is -1.44. The van der Waals surface area contributed by atoms with Crippen LogP contribution in [0, 0.1) is 0 Å². The number of hydrogen-bond donors (Lipinski definition) is 1. The van der Waals surface area contributed by atoms with Crippen molar-refractivity contribution in [3.05, 3.63) is 41.4 Å². The SMILES string of the molecule is CN(C1CC1)S(=O)(=O)c1ccc(NCc2cnsc2)cc1. The first kappa shape index (κ1) is 14.5. The predicted octanol–water partition coefficient (Wildman–Crippen LogP) is 2.54. The van der Waals surface area contributed by atoms with E-state index in [9.17, 15) is 8.42 Å². The summed E-state index contributed by atoms with van der Waals surface area (Å²) in [4.78, 5) is 0.347. The zero-order chi connectivity index (χ0) is 14.9. The number of nitrogens with zero attached hydrogens (tertiary/aromatic N) is 2. The van der Waals surface area contributed by atoms with Gasteiger partial charge in [0.15, 0.2) is 0 Å². The van der Waals surface area contributed by atoms with Gasteiger partial charge in [0.25, 0.3) is 0 Å². The molecule has 1 aromatic carbocycles. The van der Waals surface area contributed by atoms with E-state index in [-0.39, 0.29) is 6.04 Å². The second-order valence-electron chi connectivity index (χ2n) is 5.16. The van der Waals surface area contributed by atoms with E-state index in [1.54, 1.807) is 31.3 Å². The van der Waals surface area contributed by atoms with Crippen molar-refractivity contribution < 1.29 is 8.42 Å². The van der Waals surface area contributed by atoms with Gasteiger partial charge in [-0.05, 0) is 48.6 Å². The number of rotatable bonds is 6. The maximum absolute atomic E-state index is 12.4. The van der Waals surface area contributed by atoms with Gasteiger partial charge in [-0.3, -0.25) is 0 Å². The molecule has 1 heterocycles. The van der Waals surface area contributed by atoms with Gasteiger partial charge < -0.3 is 5.32 Å². The molecule has 0 radical (unpaired) electrons. The fourth-order valence-corrected chi connectivity index (χ4v) is 4.02. The van der Waals surface area contributed by atoms with E-state index >= 15 is 0 Å². The summed E-state index contributed by atoms with van der Waals surface area (Å²) in [7, 11) is -1.70. The second kappa shape index (κ2) is 5.75. The van der Waals surface area contributed by atoms with Crippen molar-refractivity contribution in [1.82, 2.24) is 8.68 Å². The van der Waals surface area contributed by atoms with Crippen LogP contribution in [-0.4, -0.2) is 30.2 Å².